The predicted octanol–water partition coefficient (Wildman–Crippen LogP) is 4.22. The summed E-state index contributed by atoms with van der Waals surface area (Å²) < 4.78 is 0. The van der Waals surface area contributed by atoms with Crippen LogP contribution in [-0.4, -0.2) is 13.6 Å². The molecule has 1 aromatic carbocycles. The molecule has 1 aromatic rings. The first-order valence-corrected chi connectivity index (χ1v) is 7.09. The Kier molecular flexibility index (Phi) is 4.87. The number of hydrogen-bond acceptors (Lipinski definition) is 1. The van der Waals surface area contributed by atoms with Crippen molar-refractivity contribution < 1.29 is 0 Å². The summed E-state index contributed by atoms with van der Waals surface area (Å²) in [5.41, 5.74) is 1.43. The number of halogens is 1. The Labute approximate surface area is 110 Å². The lowest BCUT2D eigenvalue weighted by Gasteiger charge is -2.25. The molecule has 0 spiro atoms. The standard InChI is InChI=1S/C15H22ClN/c1-17-11-13-6-3-2-4-9-15(13)12-7-5-8-14(16)10-12/h5,7-8,10,13,15,17H,2-4,6,9,11H2,1H3. The highest BCUT2D eigenvalue weighted by atomic mass is 35.5. The van der Waals surface area contributed by atoms with E-state index in [0.717, 1.165) is 17.5 Å². The Hall–Kier alpha value is -0.530. The molecule has 1 nitrogen and oxygen atoms in total. The van der Waals surface area contributed by atoms with E-state index in [0.29, 0.717) is 5.92 Å². The van der Waals surface area contributed by atoms with Crippen molar-refractivity contribution in [3.63, 3.8) is 0 Å². The van der Waals surface area contributed by atoms with Crippen molar-refractivity contribution in [1.29, 1.82) is 0 Å². The van der Waals surface area contributed by atoms with E-state index in [2.05, 4.69) is 30.6 Å². The molecule has 94 valence electrons. The molecular weight excluding hydrogens is 230 g/mol. The third kappa shape index (κ3) is 3.46. The maximum absolute atomic E-state index is 6.11. The average Bonchev–Trinajstić information content (AvgIpc) is 2.55. The van der Waals surface area contributed by atoms with Crippen molar-refractivity contribution in [2.75, 3.05) is 13.6 Å². The van der Waals surface area contributed by atoms with Gasteiger partial charge in [-0.25, -0.2) is 0 Å². The van der Waals surface area contributed by atoms with Gasteiger partial charge in [0.2, 0.25) is 0 Å². The van der Waals surface area contributed by atoms with Crippen LogP contribution in [-0.2, 0) is 0 Å². The number of hydrogen-bond donors (Lipinski definition) is 1. The zero-order chi connectivity index (χ0) is 12.1. The Morgan fingerprint density at radius 1 is 1.24 bits per heavy atom. The lowest BCUT2D eigenvalue weighted by atomic mass is 9.82. The number of benzene rings is 1. The van der Waals surface area contributed by atoms with Crippen LogP contribution < -0.4 is 5.32 Å². The van der Waals surface area contributed by atoms with E-state index < -0.39 is 0 Å². The van der Waals surface area contributed by atoms with E-state index >= 15 is 0 Å². The molecule has 0 radical (unpaired) electrons. The Bertz CT molecular complexity index is 351. The molecule has 0 amide bonds. The second-order valence-corrected chi connectivity index (χ2v) is 5.55. The number of rotatable bonds is 3. The average molecular weight is 252 g/mol. The first kappa shape index (κ1) is 12.9. The van der Waals surface area contributed by atoms with E-state index in [1.54, 1.807) is 0 Å². The Morgan fingerprint density at radius 2 is 2.06 bits per heavy atom. The van der Waals surface area contributed by atoms with Gasteiger partial charge in [0.25, 0.3) is 0 Å². The fourth-order valence-electron chi connectivity index (χ4n) is 3.07. The van der Waals surface area contributed by atoms with E-state index in [1.807, 2.05) is 6.07 Å². The molecule has 1 fully saturated rings. The number of nitrogens with one attached hydrogen (secondary N) is 1. The molecule has 17 heavy (non-hydrogen) atoms. The third-order valence-electron chi connectivity index (χ3n) is 3.90. The maximum Gasteiger partial charge on any atom is 0.0408 e. The predicted molar refractivity (Wildman–Crippen MR) is 74.7 cm³/mol. The molecule has 2 heteroatoms. The van der Waals surface area contributed by atoms with E-state index in [9.17, 15) is 0 Å². The lowest BCUT2D eigenvalue weighted by Crippen LogP contribution is -2.24. The van der Waals surface area contributed by atoms with Gasteiger partial charge in [-0.15, -0.1) is 0 Å². The summed E-state index contributed by atoms with van der Waals surface area (Å²) in [5.74, 6) is 1.45. The largest absolute Gasteiger partial charge is 0.319 e. The van der Waals surface area contributed by atoms with Crippen molar-refractivity contribution in [3.8, 4) is 0 Å². The monoisotopic (exact) mass is 251 g/mol. The minimum atomic E-state index is 0.684. The minimum absolute atomic E-state index is 0.684. The molecule has 0 bridgehead atoms. The van der Waals surface area contributed by atoms with Crippen LogP contribution in [0.3, 0.4) is 0 Å². The summed E-state index contributed by atoms with van der Waals surface area (Å²) in [6.45, 7) is 1.12. The summed E-state index contributed by atoms with van der Waals surface area (Å²) in [6, 6.07) is 8.44. The highest BCUT2D eigenvalue weighted by Crippen LogP contribution is 2.36. The van der Waals surface area contributed by atoms with E-state index in [1.165, 1.54) is 37.7 Å². The zero-order valence-corrected chi connectivity index (χ0v) is 11.3. The molecule has 1 aliphatic rings. The van der Waals surface area contributed by atoms with Gasteiger partial charge < -0.3 is 5.32 Å². The van der Waals surface area contributed by atoms with Crippen molar-refractivity contribution in [1.82, 2.24) is 5.32 Å². The van der Waals surface area contributed by atoms with Gasteiger partial charge in [0.05, 0.1) is 0 Å². The molecule has 1 saturated carbocycles. The van der Waals surface area contributed by atoms with Gasteiger partial charge in [-0.2, -0.15) is 0 Å². The van der Waals surface area contributed by atoms with Gasteiger partial charge in [-0.05, 0) is 56.0 Å². The Morgan fingerprint density at radius 3 is 2.82 bits per heavy atom. The molecule has 2 rings (SSSR count). The van der Waals surface area contributed by atoms with Crippen LogP contribution >= 0.6 is 11.6 Å². The molecule has 0 aliphatic heterocycles. The van der Waals surface area contributed by atoms with Gasteiger partial charge in [0, 0.05) is 5.02 Å². The summed E-state index contributed by atoms with van der Waals surface area (Å²) in [7, 11) is 2.06. The molecule has 1 N–H and O–H groups in total. The third-order valence-corrected chi connectivity index (χ3v) is 4.14. The SMILES string of the molecule is CNCC1CCCCCC1c1cccc(Cl)c1. The second kappa shape index (κ2) is 6.42. The van der Waals surface area contributed by atoms with Crippen LogP contribution in [0.4, 0.5) is 0 Å². The van der Waals surface area contributed by atoms with E-state index in [4.69, 9.17) is 11.6 Å². The zero-order valence-electron chi connectivity index (χ0n) is 10.6. The summed E-state index contributed by atoms with van der Waals surface area (Å²) in [6.07, 6.45) is 6.78. The topological polar surface area (TPSA) is 12.0 Å². The van der Waals surface area contributed by atoms with Crippen molar-refractivity contribution in [3.05, 3.63) is 34.9 Å². The van der Waals surface area contributed by atoms with E-state index in [-0.39, 0.29) is 0 Å². The normalized spacial score (nSPS) is 25.5. The van der Waals surface area contributed by atoms with Crippen molar-refractivity contribution >= 4 is 11.6 Å². The maximum atomic E-state index is 6.11. The molecule has 0 heterocycles. The molecule has 2 unspecified atom stereocenters. The Balaban J connectivity index is 2.19. The lowest BCUT2D eigenvalue weighted by molar-refractivity contribution is 0.386. The molecule has 0 saturated heterocycles. The molecule has 2 atom stereocenters. The fraction of sp³-hybridized carbons (Fsp3) is 0.600. The first-order chi connectivity index (χ1) is 8.31. The van der Waals surface area contributed by atoms with Gasteiger partial charge in [-0.3, -0.25) is 0 Å². The minimum Gasteiger partial charge on any atom is -0.319 e. The van der Waals surface area contributed by atoms with Crippen LogP contribution in [0, 0.1) is 5.92 Å². The van der Waals surface area contributed by atoms with Crippen molar-refractivity contribution in [2.24, 2.45) is 5.92 Å². The van der Waals surface area contributed by atoms with Crippen LogP contribution in [0.25, 0.3) is 0 Å². The fourth-order valence-corrected chi connectivity index (χ4v) is 3.27. The molecular formula is C15H22ClN. The molecule has 0 aromatic heterocycles. The highest BCUT2D eigenvalue weighted by Gasteiger charge is 2.24. The van der Waals surface area contributed by atoms with Crippen LogP contribution in [0.5, 0.6) is 0 Å². The van der Waals surface area contributed by atoms with Gasteiger partial charge in [0.15, 0.2) is 0 Å². The summed E-state index contributed by atoms with van der Waals surface area (Å²) in [5, 5.41) is 4.22. The summed E-state index contributed by atoms with van der Waals surface area (Å²) >= 11 is 6.11. The smallest absolute Gasteiger partial charge is 0.0408 e. The van der Waals surface area contributed by atoms with Crippen molar-refractivity contribution in [2.45, 2.75) is 38.0 Å². The van der Waals surface area contributed by atoms with Crippen LogP contribution in [0.15, 0.2) is 24.3 Å². The first-order valence-electron chi connectivity index (χ1n) is 6.71. The quantitative estimate of drug-likeness (QED) is 0.793. The second-order valence-electron chi connectivity index (χ2n) is 5.12. The van der Waals surface area contributed by atoms with Gasteiger partial charge >= 0.3 is 0 Å². The molecule has 1 aliphatic carbocycles. The van der Waals surface area contributed by atoms with Gasteiger partial charge in [-0.1, -0.05) is 43.0 Å². The van der Waals surface area contributed by atoms with Gasteiger partial charge in [0.1, 0.15) is 0 Å². The van der Waals surface area contributed by atoms with Crippen LogP contribution in [0.1, 0.15) is 43.6 Å². The highest BCUT2D eigenvalue weighted by molar-refractivity contribution is 6.30. The summed E-state index contributed by atoms with van der Waals surface area (Å²) in [4.78, 5) is 0. The van der Waals surface area contributed by atoms with Crippen LogP contribution in [0.2, 0.25) is 5.02 Å².